The van der Waals surface area contributed by atoms with E-state index in [2.05, 4.69) is 43.5 Å². The highest BCUT2D eigenvalue weighted by atomic mass is 16.3. The number of carbonyl (C=O) groups is 1. The van der Waals surface area contributed by atoms with Crippen LogP contribution in [0, 0.1) is 0 Å². The molecule has 0 aliphatic carbocycles. The van der Waals surface area contributed by atoms with E-state index in [4.69, 9.17) is 0 Å². The predicted octanol–water partition coefficient (Wildman–Crippen LogP) is 20.2. The summed E-state index contributed by atoms with van der Waals surface area (Å²) in [5.74, 6) is -0.323. The van der Waals surface area contributed by atoms with Gasteiger partial charge in [0.1, 0.15) is 0 Å². The van der Waals surface area contributed by atoms with Gasteiger partial charge < -0.3 is 20.6 Å². The summed E-state index contributed by atoms with van der Waals surface area (Å²) in [6, 6.07) is -0.768. The Morgan fingerprint density at radius 1 is 0.357 bits per heavy atom. The van der Waals surface area contributed by atoms with Crippen LogP contribution in [0.4, 0.5) is 0 Å². The average molecular weight is 985 g/mol. The first kappa shape index (κ1) is 68.6. The van der Waals surface area contributed by atoms with E-state index in [0.29, 0.717) is 6.42 Å². The Hall–Kier alpha value is -1.43. The number of carbonyl (C=O) groups excluding carboxylic acids is 1. The van der Waals surface area contributed by atoms with Crippen LogP contribution in [0.1, 0.15) is 348 Å². The Bertz CT molecular complexity index is 1090. The summed E-state index contributed by atoms with van der Waals surface area (Å²) in [5, 5.41) is 33.5. The van der Waals surface area contributed by atoms with E-state index in [1.165, 1.54) is 283 Å². The number of unbranched alkanes of at least 4 members (excludes halogenated alkanes) is 46. The largest absolute Gasteiger partial charge is 0.394 e. The monoisotopic (exact) mass is 984 g/mol. The van der Waals surface area contributed by atoms with Gasteiger partial charge in [-0.2, -0.15) is 0 Å². The molecule has 0 saturated carbocycles. The molecule has 3 unspecified atom stereocenters. The number of hydrogen-bond donors (Lipinski definition) is 4. The molecule has 0 spiro atoms. The van der Waals surface area contributed by atoms with Gasteiger partial charge in [-0.05, 0) is 44.9 Å². The van der Waals surface area contributed by atoms with E-state index in [-0.39, 0.29) is 18.9 Å². The average Bonchev–Trinajstić information content (AvgIpc) is 3.36. The van der Waals surface area contributed by atoms with Crippen molar-refractivity contribution in [2.45, 2.75) is 366 Å². The lowest BCUT2D eigenvalue weighted by Crippen LogP contribution is -2.45. The molecule has 0 heterocycles. The van der Waals surface area contributed by atoms with E-state index < -0.39 is 18.2 Å². The summed E-state index contributed by atoms with van der Waals surface area (Å²) < 4.78 is 0. The van der Waals surface area contributed by atoms with Crippen LogP contribution >= 0.6 is 0 Å². The van der Waals surface area contributed by atoms with Gasteiger partial charge in [0, 0.05) is 0 Å². The molecule has 0 aromatic carbocycles. The van der Waals surface area contributed by atoms with E-state index in [0.717, 1.165) is 38.5 Å². The Labute approximate surface area is 438 Å². The molecule has 414 valence electrons. The maximum Gasteiger partial charge on any atom is 0.222 e. The van der Waals surface area contributed by atoms with E-state index >= 15 is 0 Å². The first-order valence-electron chi connectivity index (χ1n) is 31.8. The molecule has 0 aliphatic rings. The van der Waals surface area contributed by atoms with Crippen LogP contribution in [0.5, 0.6) is 0 Å². The molecule has 0 saturated heterocycles. The van der Waals surface area contributed by atoms with Crippen LogP contribution < -0.4 is 5.32 Å². The second-order valence-electron chi connectivity index (χ2n) is 22.0. The normalized spacial score (nSPS) is 13.4. The number of aliphatic hydroxyl groups excluding tert-OH is 3. The maximum absolute atomic E-state index is 12.5. The van der Waals surface area contributed by atoms with E-state index in [1.807, 2.05) is 6.08 Å². The molecule has 0 fully saturated rings. The lowest BCUT2D eigenvalue weighted by Gasteiger charge is -2.21. The van der Waals surface area contributed by atoms with Crippen LogP contribution in [0.2, 0.25) is 0 Å². The smallest absolute Gasteiger partial charge is 0.222 e. The van der Waals surface area contributed by atoms with Gasteiger partial charge in [-0.25, -0.2) is 0 Å². The molecule has 5 nitrogen and oxygen atoms in total. The zero-order valence-corrected chi connectivity index (χ0v) is 47.4. The fraction of sp³-hybridized carbons (Fsp3) is 0.892. The zero-order chi connectivity index (χ0) is 50.7. The molecule has 0 aliphatic heterocycles. The molecule has 0 aromatic rings. The molecule has 1 amide bonds. The third-order valence-electron chi connectivity index (χ3n) is 14.9. The number of allylic oxidation sites excluding steroid dienone is 5. The highest BCUT2D eigenvalue weighted by Crippen LogP contribution is 2.18. The van der Waals surface area contributed by atoms with Crippen molar-refractivity contribution in [3.05, 3.63) is 36.5 Å². The zero-order valence-electron chi connectivity index (χ0n) is 47.4. The fourth-order valence-corrected chi connectivity index (χ4v) is 10.1. The molecule has 5 heteroatoms. The van der Waals surface area contributed by atoms with Gasteiger partial charge in [0.05, 0.1) is 31.3 Å². The molecule has 3 atom stereocenters. The third-order valence-corrected chi connectivity index (χ3v) is 14.9. The summed E-state index contributed by atoms with van der Waals surface area (Å²) in [5.41, 5.74) is 0. The second kappa shape index (κ2) is 60.1. The van der Waals surface area contributed by atoms with Crippen LogP contribution in [-0.4, -0.2) is 46.1 Å². The molecular weight excluding hydrogens is 859 g/mol. The van der Waals surface area contributed by atoms with Gasteiger partial charge in [0.25, 0.3) is 0 Å². The lowest BCUT2D eigenvalue weighted by molar-refractivity contribution is -0.124. The minimum Gasteiger partial charge on any atom is -0.394 e. The second-order valence-corrected chi connectivity index (χ2v) is 22.0. The van der Waals surface area contributed by atoms with Crippen molar-refractivity contribution in [1.82, 2.24) is 5.32 Å². The molecule has 0 aromatic heterocycles. The molecule has 0 bridgehead atoms. The van der Waals surface area contributed by atoms with Crippen molar-refractivity contribution < 1.29 is 20.1 Å². The van der Waals surface area contributed by atoms with Crippen LogP contribution in [0.25, 0.3) is 0 Å². The summed E-state index contributed by atoms with van der Waals surface area (Å²) in [4.78, 5) is 12.5. The standard InChI is InChI=1S/C65H125NO4/c1-3-5-7-9-11-13-15-17-19-21-23-25-27-29-30-31-32-33-34-35-36-38-40-42-44-46-48-50-52-54-56-58-62(68)60-65(70)66-63(61-67)64(69)59-57-55-53-51-49-47-45-43-41-39-37-28-26-24-22-20-18-16-14-12-10-8-6-4-2/h41,43,49,51,57,59,62-64,67-69H,3-40,42,44-48,50,52-56,58,60-61H2,1-2H3,(H,66,70)/b43-41+,51-49+,59-57+. The van der Waals surface area contributed by atoms with Gasteiger partial charge in [-0.15, -0.1) is 0 Å². The molecule has 70 heavy (non-hydrogen) atoms. The summed E-state index contributed by atoms with van der Waals surface area (Å²) >= 11 is 0. The number of rotatable bonds is 59. The number of aliphatic hydroxyl groups is 3. The first-order chi connectivity index (χ1) is 34.5. The third kappa shape index (κ3) is 55.9. The van der Waals surface area contributed by atoms with Crippen LogP contribution in [0.15, 0.2) is 36.5 Å². The minimum absolute atomic E-state index is 0.00593. The Morgan fingerprint density at radius 2 is 0.614 bits per heavy atom. The van der Waals surface area contributed by atoms with Crippen molar-refractivity contribution >= 4 is 5.91 Å². The summed E-state index contributed by atoms with van der Waals surface area (Å²) in [7, 11) is 0. The Balaban J connectivity index is 3.55. The quantitative estimate of drug-likeness (QED) is 0.0361. The topological polar surface area (TPSA) is 89.8 Å². The summed E-state index contributed by atoms with van der Waals surface area (Å²) in [6.45, 7) is 4.24. The lowest BCUT2D eigenvalue weighted by atomic mass is 10.0. The molecule has 4 N–H and O–H groups in total. The maximum atomic E-state index is 12.5. The first-order valence-corrected chi connectivity index (χ1v) is 31.8. The van der Waals surface area contributed by atoms with Gasteiger partial charge in [-0.3, -0.25) is 4.79 Å². The number of amides is 1. The van der Waals surface area contributed by atoms with Crippen molar-refractivity contribution in [3.8, 4) is 0 Å². The highest BCUT2D eigenvalue weighted by molar-refractivity contribution is 5.76. The van der Waals surface area contributed by atoms with Crippen LogP contribution in [-0.2, 0) is 4.79 Å². The van der Waals surface area contributed by atoms with Crippen molar-refractivity contribution in [3.63, 3.8) is 0 Å². The van der Waals surface area contributed by atoms with Gasteiger partial charge in [0.15, 0.2) is 0 Å². The molecular formula is C65H125NO4. The van der Waals surface area contributed by atoms with Gasteiger partial charge in [-0.1, -0.05) is 333 Å². The van der Waals surface area contributed by atoms with Gasteiger partial charge >= 0.3 is 0 Å². The van der Waals surface area contributed by atoms with Crippen molar-refractivity contribution in [2.75, 3.05) is 6.61 Å². The van der Waals surface area contributed by atoms with E-state index in [1.54, 1.807) is 6.08 Å². The fourth-order valence-electron chi connectivity index (χ4n) is 10.1. The number of nitrogens with one attached hydrogen (secondary N) is 1. The predicted molar refractivity (Wildman–Crippen MR) is 310 cm³/mol. The van der Waals surface area contributed by atoms with Gasteiger partial charge in [0.2, 0.25) is 5.91 Å². The van der Waals surface area contributed by atoms with Crippen molar-refractivity contribution in [1.29, 1.82) is 0 Å². The molecule has 0 radical (unpaired) electrons. The SMILES string of the molecule is CCCCCCCCCCCCCCCC/C=C/CC/C=C/CC/C=C/C(O)C(CO)NC(=O)CC(O)CCCCCCCCCCCCCCCCCCCCCCCCCCCCCCCCC. The van der Waals surface area contributed by atoms with E-state index in [9.17, 15) is 20.1 Å². The number of hydrogen-bond acceptors (Lipinski definition) is 4. The Morgan fingerprint density at radius 3 is 0.914 bits per heavy atom. The minimum atomic E-state index is -0.960. The highest BCUT2D eigenvalue weighted by Gasteiger charge is 2.20. The van der Waals surface area contributed by atoms with Crippen LogP contribution in [0.3, 0.4) is 0 Å². The molecule has 0 rings (SSSR count). The summed E-state index contributed by atoms with van der Waals surface area (Å²) in [6.07, 6.45) is 79.5. The van der Waals surface area contributed by atoms with Crippen molar-refractivity contribution in [2.24, 2.45) is 0 Å². The Kier molecular flexibility index (Phi) is 58.9.